The fraction of sp³-hybridized carbons (Fsp3) is 0.375. The number of piperidine rings is 1. The van der Waals surface area contributed by atoms with Gasteiger partial charge in [-0.15, -0.1) is 0 Å². The molecule has 21 heavy (non-hydrogen) atoms. The van der Waals surface area contributed by atoms with Crippen molar-refractivity contribution < 1.29 is 9.53 Å². The molecule has 1 fully saturated rings. The minimum absolute atomic E-state index is 0.291. The van der Waals surface area contributed by atoms with E-state index in [1.165, 1.54) is 12.7 Å². The monoisotopic (exact) mass is 285 g/mol. The number of rotatable bonds is 3. The van der Waals surface area contributed by atoms with Gasteiger partial charge in [0, 0.05) is 18.4 Å². The number of nitrogens with zero attached hydrogens (tertiary/aromatic N) is 2. The Morgan fingerprint density at radius 1 is 1.38 bits per heavy atom. The number of aromatic nitrogens is 2. The van der Waals surface area contributed by atoms with Crippen molar-refractivity contribution in [2.24, 2.45) is 0 Å². The highest BCUT2D eigenvalue weighted by atomic mass is 16.5. The zero-order valence-electron chi connectivity index (χ0n) is 12.0. The summed E-state index contributed by atoms with van der Waals surface area (Å²) >= 11 is 0. The van der Waals surface area contributed by atoms with Gasteiger partial charge in [-0.05, 0) is 43.1 Å². The Kier molecular flexibility index (Phi) is 4.01. The number of carbonyl (C=O) groups excluding carboxylic acids is 1. The minimum atomic E-state index is -0.299. The van der Waals surface area contributed by atoms with Crippen molar-refractivity contribution in [3.8, 4) is 0 Å². The summed E-state index contributed by atoms with van der Waals surface area (Å²) in [6.45, 7) is 0.966. The van der Waals surface area contributed by atoms with Gasteiger partial charge in [0.15, 0.2) is 0 Å². The molecule has 2 aromatic rings. The molecule has 5 nitrogen and oxygen atoms in total. The molecule has 0 aliphatic carbocycles. The highest BCUT2D eigenvalue weighted by molar-refractivity contribution is 5.89. The molecule has 0 saturated carbocycles. The van der Waals surface area contributed by atoms with Crippen LogP contribution < -0.4 is 5.32 Å². The van der Waals surface area contributed by atoms with Gasteiger partial charge in [-0.2, -0.15) is 5.10 Å². The van der Waals surface area contributed by atoms with E-state index in [1.54, 1.807) is 0 Å². The van der Waals surface area contributed by atoms with Crippen LogP contribution in [0.2, 0.25) is 0 Å². The third kappa shape index (κ3) is 2.97. The molecule has 0 spiro atoms. The Hall–Kier alpha value is -2.14. The van der Waals surface area contributed by atoms with Gasteiger partial charge < -0.3 is 10.1 Å². The number of carbonyl (C=O) groups is 1. The van der Waals surface area contributed by atoms with Crippen LogP contribution in [0.25, 0.3) is 0 Å². The summed E-state index contributed by atoms with van der Waals surface area (Å²) in [6.07, 6.45) is 5.92. The normalized spacial score (nSPS) is 22.0. The predicted octanol–water partition coefficient (Wildman–Crippen LogP) is 2.34. The van der Waals surface area contributed by atoms with Gasteiger partial charge in [0.05, 0.1) is 18.7 Å². The van der Waals surface area contributed by atoms with Gasteiger partial charge in [0.2, 0.25) is 0 Å². The molecule has 0 unspecified atom stereocenters. The standard InChI is InChI=1S/C16H19N3O2/c1-21-16(20)13-5-3-12(4-6-13)15-11-14(7-9-17-15)19-10-2-8-18-19/h2-6,8,10,14-15,17H,7,9,11H2,1H3/t14-,15-/m0/s1. The largest absolute Gasteiger partial charge is 0.465 e. The van der Waals surface area contributed by atoms with Crippen molar-refractivity contribution >= 4 is 5.97 Å². The Bertz CT molecular complexity index is 592. The third-order valence-corrected chi connectivity index (χ3v) is 4.01. The number of methoxy groups -OCH3 is 1. The zero-order chi connectivity index (χ0) is 14.7. The number of hydrogen-bond acceptors (Lipinski definition) is 4. The molecular formula is C16H19N3O2. The molecule has 110 valence electrons. The van der Waals surface area contributed by atoms with Crippen molar-refractivity contribution in [1.82, 2.24) is 15.1 Å². The summed E-state index contributed by atoms with van der Waals surface area (Å²) in [5, 5.41) is 7.88. The summed E-state index contributed by atoms with van der Waals surface area (Å²) in [6, 6.07) is 10.3. The van der Waals surface area contributed by atoms with E-state index in [0.29, 0.717) is 17.6 Å². The Labute approximate surface area is 123 Å². The molecule has 1 aromatic heterocycles. The van der Waals surface area contributed by atoms with Crippen molar-refractivity contribution in [2.75, 3.05) is 13.7 Å². The van der Waals surface area contributed by atoms with Gasteiger partial charge in [-0.3, -0.25) is 4.68 Å². The van der Waals surface area contributed by atoms with E-state index in [4.69, 9.17) is 4.74 Å². The first-order chi connectivity index (χ1) is 10.3. The van der Waals surface area contributed by atoms with Crippen LogP contribution in [-0.4, -0.2) is 29.4 Å². The number of nitrogens with one attached hydrogen (secondary N) is 1. The summed E-state index contributed by atoms with van der Waals surface area (Å²) < 4.78 is 6.76. The van der Waals surface area contributed by atoms with Gasteiger partial charge in [-0.25, -0.2) is 4.79 Å². The number of benzene rings is 1. The average molecular weight is 285 g/mol. The first kappa shape index (κ1) is 13.8. The molecule has 1 aliphatic rings. The molecule has 1 aliphatic heterocycles. The highest BCUT2D eigenvalue weighted by Gasteiger charge is 2.24. The van der Waals surface area contributed by atoms with Crippen molar-refractivity contribution in [3.63, 3.8) is 0 Å². The first-order valence-electron chi connectivity index (χ1n) is 7.18. The molecule has 5 heteroatoms. The fourth-order valence-electron chi connectivity index (χ4n) is 2.86. The van der Waals surface area contributed by atoms with E-state index in [0.717, 1.165) is 19.4 Å². The summed E-state index contributed by atoms with van der Waals surface area (Å²) in [7, 11) is 1.40. The van der Waals surface area contributed by atoms with Gasteiger partial charge in [-0.1, -0.05) is 12.1 Å². The van der Waals surface area contributed by atoms with Crippen LogP contribution in [0.15, 0.2) is 42.7 Å². The number of ether oxygens (including phenoxy) is 1. The van der Waals surface area contributed by atoms with Crippen LogP contribution >= 0.6 is 0 Å². The fourth-order valence-corrected chi connectivity index (χ4v) is 2.86. The van der Waals surface area contributed by atoms with E-state index < -0.39 is 0 Å². The smallest absolute Gasteiger partial charge is 0.337 e. The average Bonchev–Trinajstić information content (AvgIpc) is 3.09. The molecule has 1 N–H and O–H groups in total. The second kappa shape index (κ2) is 6.10. The topological polar surface area (TPSA) is 56.2 Å². The van der Waals surface area contributed by atoms with E-state index >= 15 is 0 Å². The van der Waals surface area contributed by atoms with Crippen LogP contribution in [0.3, 0.4) is 0 Å². The minimum Gasteiger partial charge on any atom is -0.465 e. The quantitative estimate of drug-likeness (QED) is 0.879. The van der Waals surface area contributed by atoms with E-state index in [-0.39, 0.29) is 5.97 Å². The maximum atomic E-state index is 11.5. The van der Waals surface area contributed by atoms with E-state index in [2.05, 4.69) is 10.4 Å². The number of hydrogen-bond donors (Lipinski definition) is 1. The molecular weight excluding hydrogens is 266 g/mol. The summed E-state index contributed by atoms with van der Waals surface area (Å²) in [5.74, 6) is -0.299. The molecule has 0 radical (unpaired) electrons. The molecule has 1 saturated heterocycles. The molecule has 1 aromatic carbocycles. The lowest BCUT2D eigenvalue weighted by molar-refractivity contribution is 0.0600. The van der Waals surface area contributed by atoms with Crippen LogP contribution in [0.4, 0.5) is 0 Å². The van der Waals surface area contributed by atoms with Crippen LogP contribution in [0, 0.1) is 0 Å². The highest BCUT2D eigenvalue weighted by Crippen LogP contribution is 2.30. The lowest BCUT2D eigenvalue weighted by Gasteiger charge is -2.31. The van der Waals surface area contributed by atoms with Gasteiger partial charge in [0.1, 0.15) is 0 Å². The Morgan fingerprint density at radius 2 is 2.19 bits per heavy atom. The number of esters is 1. The third-order valence-electron chi connectivity index (χ3n) is 4.01. The molecule has 3 rings (SSSR count). The van der Waals surface area contributed by atoms with Crippen LogP contribution in [-0.2, 0) is 4.74 Å². The predicted molar refractivity (Wildman–Crippen MR) is 79.0 cm³/mol. The van der Waals surface area contributed by atoms with Crippen LogP contribution in [0.5, 0.6) is 0 Å². The van der Waals surface area contributed by atoms with Crippen LogP contribution in [0.1, 0.15) is 40.8 Å². The van der Waals surface area contributed by atoms with Crippen molar-refractivity contribution in [3.05, 3.63) is 53.9 Å². The lowest BCUT2D eigenvalue weighted by Crippen LogP contribution is -2.33. The van der Waals surface area contributed by atoms with Gasteiger partial charge >= 0.3 is 5.97 Å². The maximum Gasteiger partial charge on any atom is 0.337 e. The zero-order valence-corrected chi connectivity index (χ0v) is 12.0. The molecule has 2 atom stereocenters. The summed E-state index contributed by atoms with van der Waals surface area (Å²) in [4.78, 5) is 11.5. The molecule has 2 heterocycles. The van der Waals surface area contributed by atoms with E-state index in [1.807, 2.05) is 47.4 Å². The molecule has 0 amide bonds. The van der Waals surface area contributed by atoms with E-state index in [9.17, 15) is 4.79 Å². The summed E-state index contributed by atoms with van der Waals surface area (Å²) in [5.41, 5.74) is 1.78. The Balaban J connectivity index is 1.73. The van der Waals surface area contributed by atoms with Crippen molar-refractivity contribution in [2.45, 2.75) is 24.9 Å². The van der Waals surface area contributed by atoms with Gasteiger partial charge in [0.25, 0.3) is 0 Å². The lowest BCUT2D eigenvalue weighted by atomic mass is 9.93. The first-order valence-corrected chi connectivity index (χ1v) is 7.18. The Morgan fingerprint density at radius 3 is 2.86 bits per heavy atom. The van der Waals surface area contributed by atoms with Crippen molar-refractivity contribution in [1.29, 1.82) is 0 Å². The SMILES string of the molecule is COC(=O)c1ccc([C@@H]2C[C@@H](n3cccn3)CCN2)cc1. The second-order valence-corrected chi connectivity index (χ2v) is 5.28. The molecule has 0 bridgehead atoms. The second-order valence-electron chi connectivity index (χ2n) is 5.28. The maximum absolute atomic E-state index is 11.5.